The average Bonchev–Trinajstić information content (AvgIpc) is 3.56. The lowest BCUT2D eigenvalue weighted by Crippen LogP contribution is -3.00. The van der Waals surface area contributed by atoms with E-state index in [1.807, 2.05) is 11.3 Å². The monoisotopic (exact) mass is 566 g/mol. The number of nitrogens with zero attached hydrogens (tertiary/aromatic N) is 1. The van der Waals surface area contributed by atoms with Crippen LogP contribution in [0.4, 0.5) is 5.69 Å². The quantitative estimate of drug-likeness (QED) is 0.262. The van der Waals surface area contributed by atoms with E-state index in [9.17, 15) is 0 Å². The van der Waals surface area contributed by atoms with Gasteiger partial charge in [-0.3, -0.25) is 0 Å². The minimum atomic E-state index is 0. The number of hydrogen-bond donors (Lipinski definition) is 1. The fourth-order valence-electron chi connectivity index (χ4n) is 5.37. The van der Waals surface area contributed by atoms with Crippen molar-refractivity contribution < 1.29 is 35.8 Å². The molecule has 2 aromatic heterocycles. The van der Waals surface area contributed by atoms with Gasteiger partial charge in [-0.15, -0.1) is 11.3 Å². The zero-order valence-electron chi connectivity index (χ0n) is 20.7. The number of ether oxygens (including phenoxy) is 3. The van der Waals surface area contributed by atoms with Crippen LogP contribution in [-0.2, 0) is 19.4 Å². The summed E-state index contributed by atoms with van der Waals surface area (Å²) in [4.78, 5) is 1.36. The summed E-state index contributed by atoms with van der Waals surface area (Å²) in [5.74, 6) is 2.60. The Balaban J connectivity index is 0.00000267. The van der Waals surface area contributed by atoms with Gasteiger partial charge in [0.15, 0.2) is 24.2 Å². The van der Waals surface area contributed by atoms with E-state index in [1.54, 1.807) is 7.11 Å². The second-order valence-corrected chi connectivity index (χ2v) is 10.3. The number of hydrogen-bond acceptors (Lipinski definition) is 5. The summed E-state index contributed by atoms with van der Waals surface area (Å²) in [5.41, 5.74) is 6.31. The molecule has 1 N–H and O–H groups in total. The molecule has 2 aliphatic rings. The second-order valence-electron chi connectivity index (χ2n) is 9.26. The van der Waals surface area contributed by atoms with Crippen LogP contribution in [0, 0.1) is 0 Å². The van der Waals surface area contributed by atoms with Gasteiger partial charge in [0.25, 0.3) is 0 Å². The summed E-state index contributed by atoms with van der Waals surface area (Å²) in [5, 5.41) is 8.37. The van der Waals surface area contributed by atoms with Gasteiger partial charge in [-0.25, -0.2) is 0 Å². The van der Waals surface area contributed by atoms with E-state index in [4.69, 9.17) is 14.2 Å². The van der Waals surface area contributed by atoms with E-state index in [2.05, 4.69) is 64.8 Å². The molecule has 0 bridgehead atoms. The van der Waals surface area contributed by atoms with Gasteiger partial charge < -0.3 is 36.5 Å². The first-order valence-electron chi connectivity index (χ1n) is 12.5. The van der Waals surface area contributed by atoms with E-state index in [0.717, 1.165) is 55.3 Å². The van der Waals surface area contributed by atoms with Gasteiger partial charge >= 0.3 is 0 Å². The molecule has 0 unspecified atom stereocenters. The Labute approximate surface area is 226 Å². The molecule has 5 nitrogen and oxygen atoms in total. The second kappa shape index (κ2) is 10.7. The normalized spacial score (nSPS) is 13.2. The van der Waals surface area contributed by atoms with Crippen molar-refractivity contribution in [3.63, 3.8) is 0 Å². The molecule has 0 radical (unpaired) electrons. The first-order valence-corrected chi connectivity index (χ1v) is 13.4. The van der Waals surface area contributed by atoms with Crippen molar-refractivity contribution in [3.05, 3.63) is 64.0 Å². The van der Waals surface area contributed by atoms with Crippen LogP contribution >= 0.6 is 11.3 Å². The molecule has 4 aromatic rings. The van der Waals surface area contributed by atoms with Crippen molar-refractivity contribution in [2.75, 3.05) is 25.8 Å². The van der Waals surface area contributed by atoms with Crippen molar-refractivity contribution in [2.45, 2.75) is 45.6 Å². The fraction of sp³-hybridized carbons (Fsp3) is 0.345. The van der Waals surface area contributed by atoms with Crippen LogP contribution in [0.5, 0.6) is 17.2 Å². The van der Waals surface area contributed by atoms with Gasteiger partial charge in [0.2, 0.25) is 12.5 Å². The summed E-state index contributed by atoms with van der Waals surface area (Å²) in [7, 11) is 1.76. The lowest BCUT2D eigenvalue weighted by Gasteiger charge is -2.21. The van der Waals surface area contributed by atoms with E-state index in [0.29, 0.717) is 6.79 Å². The topological polar surface area (TPSA) is 43.6 Å². The number of nitrogens with one attached hydrogen (secondary N) is 1. The van der Waals surface area contributed by atoms with Crippen molar-refractivity contribution in [2.24, 2.45) is 0 Å². The predicted octanol–water partition coefficient (Wildman–Crippen LogP) is 3.35. The minimum Gasteiger partial charge on any atom is -1.00 e. The summed E-state index contributed by atoms with van der Waals surface area (Å²) in [6.45, 7) is 4.41. The number of fused-ring (bicyclic) bond motifs is 5. The van der Waals surface area contributed by atoms with Gasteiger partial charge in [0.1, 0.15) is 5.75 Å². The number of methoxy groups -OCH3 is 1. The van der Waals surface area contributed by atoms with Crippen LogP contribution in [-0.4, -0.2) is 20.4 Å². The number of aromatic nitrogens is 1. The molecule has 36 heavy (non-hydrogen) atoms. The number of rotatable bonds is 8. The summed E-state index contributed by atoms with van der Waals surface area (Å²) in [6, 6.07) is 13.1. The smallest absolute Gasteiger partial charge is 0.231 e. The Morgan fingerprint density at radius 1 is 1.08 bits per heavy atom. The van der Waals surface area contributed by atoms with Crippen LogP contribution in [0.2, 0.25) is 0 Å². The molecule has 0 spiro atoms. The molecule has 0 atom stereocenters. The number of benzene rings is 2. The average molecular weight is 568 g/mol. The highest BCUT2D eigenvalue weighted by atomic mass is 79.9. The molecule has 4 heterocycles. The minimum absolute atomic E-state index is 0. The Morgan fingerprint density at radius 2 is 1.94 bits per heavy atom. The molecule has 0 aliphatic carbocycles. The van der Waals surface area contributed by atoms with Crippen LogP contribution in [0.25, 0.3) is 22.0 Å². The molecule has 2 aromatic carbocycles. The SMILES string of the molecule is CCCCCNc1c(OC)ccc2c(Cc3cccs3)c3[n+](cc12)CCc1cc2c(cc1-3)OCO2.[Br-]. The standard InChI is InChI=1S/C29H30N2O3S.BrH/c1-3-4-5-11-30-28-24-17-31-12-10-19-14-26-27(34-18-33-26)16-22(19)29(31)23(15-20-7-6-13-35-20)21(24)8-9-25(28)32-2;/h6-9,13-14,16-17H,3-5,10-12,15,18H2,1-2H3;1H. The van der Waals surface area contributed by atoms with Crippen LogP contribution in [0.15, 0.2) is 48.0 Å². The maximum atomic E-state index is 5.81. The summed E-state index contributed by atoms with van der Waals surface area (Å²) >= 11 is 1.82. The number of anilines is 1. The number of halogens is 1. The number of thiophene rings is 1. The molecule has 0 saturated heterocycles. The Morgan fingerprint density at radius 3 is 2.72 bits per heavy atom. The van der Waals surface area contributed by atoms with Crippen molar-refractivity contribution >= 4 is 27.8 Å². The van der Waals surface area contributed by atoms with Crippen LogP contribution in [0.3, 0.4) is 0 Å². The van der Waals surface area contributed by atoms with Crippen molar-refractivity contribution in [3.8, 4) is 28.5 Å². The highest BCUT2D eigenvalue weighted by Gasteiger charge is 2.32. The van der Waals surface area contributed by atoms with E-state index < -0.39 is 0 Å². The van der Waals surface area contributed by atoms with E-state index in [1.165, 1.54) is 50.9 Å². The Bertz CT molecular complexity index is 1390. The van der Waals surface area contributed by atoms with Gasteiger partial charge in [0, 0.05) is 35.2 Å². The van der Waals surface area contributed by atoms with Crippen LogP contribution < -0.4 is 41.1 Å². The maximum Gasteiger partial charge on any atom is 0.231 e. The van der Waals surface area contributed by atoms with Crippen molar-refractivity contribution in [1.82, 2.24) is 0 Å². The number of aryl methyl sites for hydroxylation is 2. The molecule has 0 saturated carbocycles. The Hall–Kier alpha value is -2.77. The first-order chi connectivity index (χ1) is 17.3. The van der Waals surface area contributed by atoms with Gasteiger partial charge in [0.05, 0.1) is 23.7 Å². The molecule has 2 aliphatic heterocycles. The highest BCUT2D eigenvalue weighted by molar-refractivity contribution is 7.09. The Kier molecular flexibility index (Phi) is 7.39. The predicted molar refractivity (Wildman–Crippen MR) is 141 cm³/mol. The summed E-state index contributed by atoms with van der Waals surface area (Å²) in [6.07, 6.45) is 7.76. The van der Waals surface area contributed by atoms with E-state index in [-0.39, 0.29) is 17.0 Å². The summed E-state index contributed by atoms with van der Waals surface area (Å²) < 4.78 is 19.7. The molecular weight excluding hydrogens is 536 g/mol. The molecule has 6 rings (SSSR count). The first kappa shape index (κ1) is 24.9. The molecule has 0 fully saturated rings. The third-order valence-electron chi connectivity index (χ3n) is 7.10. The highest BCUT2D eigenvalue weighted by Crippen LogP contribution is 2.43. The fourth-order valence-corrected chi connectivity index (χ4v) is 6.09. The lowest BCUT2D eigenvalue weighted by molar-refractivity contribution is -0.686. The zero-order chi connectivity index (χ0) is 23.8. The molecule has 7 heteroatoms. The van der Waals surface area contributed by atoms with Crippen LogP contribution in [0.1, 0.15) is 42.2 Å². The number of unbranched alkanes of at least 4 members (excludes halogenated alkanes) is 2. The van der Waals surface area contributed by atoms with Gasteiger partial charge in [-0.05, 0) is 47.7 Å². The molecular formula is C29H31BrN2O3S. The van der Waals surface area contributed by atoms with Gasteiger partial charge in [-0.2, -0.15) is 4.57 Å². The largest absolute Gasteiger partial charge is 1.00 e. The van der Waals surface area contributed by atoms with Gasteiger partial charge in [-0.1, -0.05) is 25.8 Å². The third kappa shape index (κ3) is 4.43. The molecule has 188 valence electrons. The third-order valence-corrected chi connectivity index (χ3v) is 7.98. The van der Waals surface area contributed by atoms with E-state index >= 15 is 0 Å². The maximum absolute atomic E-state index is 5.81. The lowest BCUT2D eigenvalue weighted by atomic mass is 9.89. The number of pyridine rings is 1. The molecule has 0 amide bonds. The van der Waals surface area contributed by atoms with Crippen molar-refractivity contribution in [1.29, 1.82) is 0 Å². The zero-order valence-corrected chi connectivity index (χ0v) is 23.1.